The molecule has 4 atom stereocenters. The molecule has 1 fully saturated rings. The number of halogens is 1. The standard InChI is InChI=1S/C32H20ClNO6/c33-18-7-9-19(10-8-18)34-30(35)26-22(17-6-12-24-25(13-17)39-15-38-24)14-23-21-11-5-16-3-1-2-4-20(16)29(21)40-32(37)27(23)28(26)31(34)36/h1-14,22,26-28H,15H2/t22-,26+,27+,28-/m1/s1. The molecule has 0 radical (unpaired) electrons. The Morgan fingerprint density at radius 2 is 1.57 bits per heavy atom. The van der Waals surface area contributed by atoms with E-state index in [-0.39, 0.29) is 12.7 Å². The van der Waals surface area contributed by atoms with E-state index in [1.165, 1.54) is 4.90 Å². The highest BCUT2D eigenvalue weighted by Gasteiger charge is 2.60. The molecule has 4 aliphatic rings. The number of nitrogens with zero attached hydrogens (tertiary/aromatic N) is 1. The van der Waals surface area contributed by atoms with Gasteiger partial charge in [0, 0.05) is 21.9 Å². The molecule has 8 heteroatoms. The van der Waals surface area contributed by atoms with Crippen LogP contribution < -0.4 is 19.1 Å². The molecular weight excluding hydrogens is 530 g/mol. The van der Waals surface area contributed by atoms with Crippen LogP contribution in [0.3, 0.4) is 0 Å². The smallest absolute Gasteiger partial charge is 0.319 e. The summed E-state index contributed by atoms with van der Waals surface area (Å²) in [4.78, 5) is 43.1. The number of hydrogen-bond acceptors (Lipinski definition) is 6. The van der Waals surface area contributed by atoms with E-state index in [9.17, 15) is 14.4 Å². The fourth-order valence-electron chi connectivity index (χ4n) is 6.58. The van der Waals surface area contributed by atoms with Crippen LogP contribution in [0.4, 0.5) is 5.69 Å². The second kappa shape index (κ2) is 8.44. The first-order chi connectivity index (χ1) is 19.5. The zero-order valence-electron chi connectivity index (χ0n) is 20.9. The van der Waals surface area contributed by atoms with Gasteiger partial charge < -0.3 is 14.2 Å². The van der Waals surface area contributed by atoms with Crippen LogP contribution in [-0.4, -0.2) is 24.6 Å². The van der Waals surface area contributed by atoms with Crippen LogP contribution in [0, 0.1) is 17.8 Å². The summed E-state index contributed by atoms with van der Waals surface area (Å²) in [6.07, 6.45) is 1.97. The van der Waals surface area contributed by atoms with E-state index >= 15 is 0 Å². The molecule has 196 valence electrons. The number of carbonyl (C=O) groups is 3. The highest BCUT2D eigenvalue weighted by atomic mass is 35.5. The van der Waals surface area contributed by atoms with Crippen molar-refractivity contribution in [2.24, 2.45) is 17.8 Å². The third kappa shape index (κ3) is 3.21. The lowest BCUT2D eigenvalue weighted by atomic mass is 9.64. The largest absolute Gasteiger partial charge is 0.454 e. The van der Waals surface area contributed by atoms with Crippen LogP contribution >= 0.6 is 11.6 Å². The average molecular weight is 550 g/mol. The Hall–Kier alpha value is -4.62. The molecule has 7 nitrogen and oxygen atoms in total. The first-order valence-corrected chi connectivity index (χ1v) is 13.4. The number of benzene rings is 4. The van der Waals surface area contributed by atoms with Gasteiger partial charge in [-0.25, -0.2) is 4.90 Å². The van der Waals surface area contributed by atoms with Crippen molar-refractivity contribution in [2.45, 2.75) is 5.92 Å². The molecule has 0 saturated carbocycles. The molecule has 0 aromatic heterocycles. The van der Waals surface area contributed by atoms with Crippen molar-refractivity contribution in [3.8, 4) is 17.2 Å². The maximum Gasteiger partial charge on any atom is 0.319 e. The maximum absolute atomic E-state index is 14.1. The topological polar surface area (TPSA) is 82.1 Å². The van der Waals surface area contributed by atoms with Crippen molar-refractivity contribution in [2.75, 3.05) is 11.7 Å². The van der Waals surface area contributed by atoms with Gasteiger partial charge in [0.2, 0.25) is 18.6 Å². The summed E-state index contributed by atoms with van der Waals surface area (Å²) in [7, 11) is 0. The van der Waals surface area contributed by atoms with Crippen molar-refractivity contribution < 1.29 is 28.6 Å². The summed E-state index contributed by atoms with van der Waals surface area (Å²) in [6.45, 7) is 0.118. The van der Waals surface area contributed by atoms with Gasteiger partial charge in [-0.2, -0.15) is 0 Å². The van der Waals surface area contributed by atoms with Crippen LogP contribution in [0.1, 0.15) is 17.0 Å². The molecule has 0 bridgehead atoms. The second-order valence-electron chi connectivity index (χ2n) is 10.4. The highest BCUT2D eigenvalue weighted by Crippen LogP contribution is 2.56. The van der Waals surface area contributed by atoms with Gasteiger partial charge in [-0.3, -0.25) is 14.4 Å². The lowest BCUT2D eigenvalue weighted by Crippen LogP contribution is -2.42. The van der Waals surface area contributed by atoms with E-state index in [4.69, 9.17) is 25.8 Å². The summed E-state index contributed by atoms with van der Waals surface area (Å²) in [5, 5.41) is 2.24. The first kappa shape index (κ1) is 23.3. The van der Waals surface area contributed by atoms with E-state index in [0.717, 1.165) is 21.9 Å². The third-order valence-corrected chi connectivity index (χ3v) is 8.60. The van der Waals surface area contributed by atoms with Gasteiger partial charge >= 0.3 is 5.97 Å². The summed E-state index contributed by atoms with van der Waals surface area (Å²) in [5.41, 5.74) is 2.65. The number of rotatable bonds is 2. The molecule has 0 unspecified atom stereocenters. The number of ether oxygens (including phenoxy) is 3. The van der Waals surface area contributed by atoms with Crippen LogP contribution in [0.5, 0.6) is 17.2 Å². The Balaban J connectivity index is 1.34. The van der Waals surface area contributed by atoms with Crippen molar-refractivity contribution in [3.05, 3.63) is 101 Å². The number of amides is 2. The van der Waals surface area contributed by atoms with Gasteiger partial charge in [0.25, 0.3) is 0 Å². The number of anilines is 1. The lowest BCUT2D eigenvalue weighted by Gasteiger charge is -2.38. The van der Waals surface area contributed by atoms with Crippen molar-refractivity contribution in [1.29, 1.82) is 0 Å². The molecule has 4 aromatic carbocycles. The number of hydrogen-bond donors (Lipinski definition) is 0. The summed E-state index contributed by atoms with van der Waals surface area (Å²) in [6, 6.07) is 23.7. The Labute approximate surface area is 233 Å². The van der Waals surface area contributed by atoms with Gasteiger partial charge in [-0.1, -0.05) is 60.1 Å². The molecule has 3 heterocycles. The number of esters is 1. The maximum atomic E-state index is 14.1. The predicted molar refractivity (Wildman–Crippen MR) is 147 cm³/mol. The Morgan fingerprint density at radius 1 is 0.800 bits per heavy atom. The molecule has 1 aliphatic carbocycles. The minimum Gasteiger partial charge on any atom is -0.454 e. The SMILES string of the molecule is O=C1Oc2c(ccc3ccccc23)C2=C[C@H](c3ccc4c(c3)OCO4)[C@@H]3C(=O)N(c4ccc(Cl)cc4)C(=O)[C@H]3[C@@H]12. The van der Waals surface area contributed by atoms with E-state index in [0.29, 0.717) is 33.5 Å². The van der Waals surface area contributed by atoms with Crippen LogP contribution in [0.25, 0.3) is 16.3 Å². The molecule has 0 N–H and O–H groups in total. The molecular formula is C32H20ClNO6. The van der Waals surface area contributed by atoms with E-state index in [1.807, 2.05) is 60.7 Å². The van der Waals surface area contributed by atoms with Crippen LogP contribution in [0.15, 0.2) is 84.9 Å². The third-order valence-electron chi connectivity index (χ3n) is 8.35. The first-order valence-electron chi connectivity index (χ1n) is 13.0. The fourth-order valence-corrected chi connectivity index (χ4v) is 6.70. The molecule has 1 saturated heterocycles. The van der Waals surface area contributed by atoms with Crippen LogP contribution in [0.2, 0.25) is 5.02 Å². The normalized spacial score (nSPS) is 24.4. The Bertz CT molecular complexity index is 1810. The summed E-state index contributed by atoms with van der Waals surface area (Å²) in [5.74, 6) is -2.83. The summed E-state index contributed by atoms with van der Waals surface area (Å²) >= 11 is 6.08. The van der Waals surface area contributed by atoms with Crippen LogP contribution in [-0.2, 0) is 14.4 Å². The Kier molecular flexibility index (Phi) is 4.91. The number of fused-ring (bicyclic) bond motifs is 8. The van der Waals surface area contributed by atoms with Gasteiger partial charge in [-0.15, -0.1) is 0 Å². The van der Waals surface area contributed by atoms with E-state index < -0.39 is 35.5 Å². The van der Waals surface area contributed by atoms with Crippen molar-refractivity contribution in [3.63, 3.8) is 0 Å². The highest BCUT2D eigenvalue weighted by molar-refractivity contribution is 6.31. The minimum atomic E-state index is -0.939. The molecule has 0 spiro atoms. The monoisotopic (exact) mass is 549 g/mol. The predicted octanol–water partition coefficient (Wildman–Crippen LogP) is 5.74. The summed E-state index contributed by atoms with van der Waals surface area (Å²) < 4.78 is 17.1. The fraction of sp³-hybridized carbons (Fsp3) is 0.156. The van der Waals surface area contributed by atoms with Gasteiger partial charge in [0.05, 0.1) is 23.4 Å². The number of allylic oxidation sites excluding steroid dienone is 1. The molecule has 3 aliphatic heterocycles. The van der Waals surface area contributed by atoms with Gasteiger partial charge in [0.15, 0.2) is 11.5 Å². The lowest BCUT2D eigenvalue weighted by molar-refractivity contribution is -0.142. The average Bonchev–Trinajstić information content (AvgIpc) is 3.55. The Morgan fingerprint density at radius 3 is 2.42 bits per heavy atom. The quantitative estimate of drug-likeness (QED) is 0.180. The number of carbonyl (C=O) groups excluding carboxylic acids is 3. The molecule has 2 amide bonds. The van der Waals surface area contributed by atoms with E-state index in [2.05, 4.69) is 0 Å². The zero-order chi connectivity index (χ0) is 27.1. The molecule has 8 rings (SSSR count). The van der Waals surface area contributed by atoms with Gasteiger partial charge in [-0.05, 0) is 52.9 Å². The van der Waals surface area contributed by atoms with E-state index in [1.54, 1.807) is 24.3 Å². The molecule has 4 aromatic rings. The van der Waals surface area contributed by atoms with Crippen molar-refractivity contribution >= 4 is 51.4 Å². The van der Waals surface area contributed by atoms with Crippen molar-refractivity contribution in [1.82, 2.24) is 0 Å². The van der Waals surface area contributed by atoms with Gasteiger partial charge in [0.1, 0.15) is 5.75 Å². The number of imide groups is 1. The zero-order valence-corrected chi connectivity index (χ0v) is 21.6. The second-order valence-corrected chi connectivity index (χ2v) is 10.8. The molecule has 40 heavy (non-hydrogen) atoms. The minimum absolute atomic E-state index is 0.118.